The van der Waals surface area contributed by atoms with Gasteiger partial charge in [-0.15, -0.1) is 0 Å². The first-order chi connectivity index (χ1) is 16.6. The summed E-state index contributed by atoms with van der Waals surface area (Å²) in [7, 11) is 0. The molecule has 0 radical (unpaired) electrons. The van der Waals surface area contributed by atoms with Gasteiger partial charge in [0.2, 0.25) is 0 Å². The molecule has 170 valence electrons. The van der Waals surface area contributed by atoms with Gasteiger partial charge in [-0.25, -0.2) is 0 Å². The van der Waals surface area contributed by atoms with E-state index in [1.165, 1.54) is 5.56 Å². The monoisotopic (exact) mass is 448 g/mol. The number of rotatable bonds is 9. The summed E-state index contributed by atoms with van der Waals surface area (Å²) in [6, 6.07) is 33.0. The van der Waals surface area contributed by atoms with Crippen molar-refractivity contribution in [3.05, 3.63) is 120 Å². The van der Waals surface area contributed by atoms with Crippen molar-refractivity contribution in [3.8, 4) is 11.1 Å². The van der Waals surface area contributed by atoms with Gasteiger partial charge in [-0.2, -0.15) is 0 Å². The van der Waals surface area contributed by atoms with Gasteiger partial charge in [0.1, 0.15) is 5.78 Å². The number of Topliss-reactive ketones (excluding diaryl/α,β-unsaturated/α-hetero) is 1. The smallest absolute Gasteiger partial charge is 0.255 e. The summed E-state index contributed by atoms with van der Waals surface area (Å²) in [5.41, 5.74) is 12.0. The van der Waals surface area contributed by atoms with E-state index in [2.05, 4.69) is 5.32 Å². The van der Waals surface area contributed by atoms with Gasteiger partial charge in [0, 0.05) is 18.4 Å². The SMILES string of the molecule is Nc1ccc(-c2ccccc2)cc1NC(=O)c1ccc(CCC(=O)CCc2ccccc2)cc1. The molecule has 0 saturated heterocycles. The fourth-order valence-electron chi connectivity index (χ4n) is 3.83. The van der Waals surface area contributed by atoms with Gasteiger partial charge in [-0.3, -0.25) is 9.59 Å². The zero-order chi connectivity index (χ0) is 23.8. The Balaban J connectivity index is 1.32. The molecule has 0 unspecified atom stereocenters. The molecule has 0 aliphatic carbocycles. The lowest BCUT2D eigenvalue weighted by Crippen LogP contribution is -2.13. The molecular weight excluding hydrogens is 420 g/mol. The van der Waals surface area contributed by atoms with Crippen LogP contribution < -0.4 is 11.1 Å². The average Bonchev–Trinajstić information content (AvgIpc) is 2.89. The second-order valence-corrected chi connectivity index (χ2v) is 8.34. The first-order valence-corrected chi connectivity index (χ1v) is 11.5. The lowest BCUT2D eigenvalue weighted by molar-refractivity contribution is -0.119. The predicted octanol–water partition coefficient (Wildman–Crippen LogP) is 6.32. The van der Waals surface area contributed by atoms with E-state index < -0.39 is 0 Å². The summed E-state index contributed by atoms with van der Waals surface area (Å²) in [5.74, 6) is 0.0295. The number of hydrogen-bond acceptors (Lipinski definition) is 3. The third kappa shape index (κ3) is 6.20. The zero-order valence-corrected chi connectivity index (χ0v) is 19.0. The maximum atomic E-state index is 12.8. The summed E-state index contributed by atoms with van der Waals surface area (Å²) in [6.07, 6.45) is 2.49. The normalized spacial score (nSPS) is 10.6. The van der Waals surface area contributed by atoms with Crippen LogP contribution in [0, 0.1) is 0 Å². The van der Waals surface area contributed by atoms with Gasteiger partial charge < -0.3 is 11.1 Å². The first-order valence-electron chi connectivity index (χ1n) is 11.5. The molecule has 1 amide bonds. The molecule has 4 heteroatoms. The highest BCUT2D eigenvalue weighted by atomic mass is 16.1. The van der Waals surface area contributed by atoms with Gasteiger partial charge in [-0.05, 0) is 59.4 Å². The van der Waals surface area contributed by atoms with Crippen molar-refractivity contribution >= 4 is 23.1 Å². The maximum Gasteiger partial charge on any atom is 0.255 e. The van der Waals surface area contributed by atoms with Crippen molar-refractivity contribution in [2.75, 3.05) is 11.1 Å². The second-order valence-electron chi connectivity index (χ2n) is 8.34. The number of nitrogen functional groups attached to an aromatic ring is 1. The quantitative estimate of drug-likeness (QED) is 0.294. The van der Waals surface area contributed by atoms with Crippen molar-refractivity contribution in [1.82, 2.24) is 0 Å². The van der Waals surface area contributed by atoms with Crippen LogP contribution in [-0.2, 0) is 17.6 Å². The topological polar surface area (TPSA) is 72.2 Å². The number of ketones is 1. The second kappa shape index (κ2) is 11.1. The number of carbonyl (C=O) groups is 2. The minimum Gasteiger partial charge on any atom is -0.397 e. The Morgan fingerprint density at radius 2 is 1.24 bits per heavy atom. The molecule has 0 heterocycles. The Bertz CT molecular complexity index is 1250. The third-order valence-electron chi connectivity index (χ3n) is 5.85. The van der Waals surface area contributed by atoms with Crippen LogP contribution in [0.5, 0.6) is 0 Å². The first kappa shape index (κ1) is 23.0. The number of nitrogens with one attached hydrogen (secondary N) is 1. The predicted molar refractivity (Wildman–Crippen MR) is 139 cm³/mol. The standard InChI is InChI=1S/C30H28N2O2/c31-28-20-17-26(24-9-5-2-6-10-24)21-29(28)32-30(34)25-15-11-23(12-16-25)14-19-27(33)18-13-22-7-3-1-4-8-22/h1-12,15-17,20-21H,13-14,18-19,31H2,(H,32,34). The number of amides is 1. The third-order valence-corrected chi connectivity index (χ3v) is 5.85. The molecule has 3 N–H and O–H groups in total. The zero-order valence-electron chi connectivity index (χ0n) is 19.0. The van der Waals surface area contributed by atoms with Crippen LogP contribution in [0.15, 0.2) is 103 Å². The van der Waals surface area contributed by atoms with Gasteiger partial charge in [-0.1, -0.05) is 78.9 Å². The highest BCUT2D eigenvalue weighted by Gasteiger charge is 2.10. The molecule has 4 aromatic rings. The van der Waals surface area contributed by atoms with E-state index in [4.69, 9.17) is 5.73 Å². The van der Waals surface area contributed by atoms with E-state index >= 15 is 0 Å². The number of benzene rings is 4. The molecule has 0 bridgehead atoms. The van der Waals surface area contributed by atoms with E-state index in [0.29, 0.717) is 36.2 Å². The minimum atomic E-state index is -0.220. The Kier molecular flexibility index (Phi) is 7.51. The van der Waals surface area contributed by atoms with Crippen molar-refractivity contribution in [2.45, 2.75) is 25.7 Å². The molecule has 0 spiro atoms. The average molecular weight is 449 g/mol. The lowest BCUT2D eigenvalue weighted by Gasteiger charge is -2.11. The molecule has 0 atom stereocenters. The van der Waals surface area contributed by atoms with Gasteiger partial charge in [0.25, 0.3) is 5.91 Å². The van der Waals surface area contributed by atoms with E-state index in [9.17, 15) is 9.59 Å². The van der Waals surface area contributed by atoms with Crippen LogP contribution in [-0.4, -0.2) is 11.7 Å². The fraction of sp³-hybridized carbons (Fsp3) is 0.133. The fourth-order valence-corrected chi connectivity index (χ4v) is 3.83. The van der Waals surface area contributed by atoms with Crippen LogP contribution in [0.3, 0.4) is 0 Å². The summed E-state index contributed by atoms with van der Waals surface area (Å²) in [5, 5.41) is 2.92. The van der Waals surface area contributed by atoms with Gasteiger partial charge in [0.05, 0.1) is 11.4 Å². The largest absolute Gasteiger partial charge is 0.397 e. The number of aryl methyl sites for hydroxylation is 2. The molecule has 4 aromatic carbocycles. The molecule has 0 aliphatic rings. The van der Waals surface area contributed by atoms with Crippen LogP contribution >= 0.6 is 0 Å². The van der Waals surface area contributed by atoms with Crippen molar-refractivity contribution in [2.24, 2.45) is 0 Å². The van der Waals surface area contributed by atoms with Crippen LogP contribution in [0.1, 0.15) is 34.3 Å². The van der Waals surface area contributed by atoms with Crippen LogP contribution in [0.25, 0.3) is 11.1 Å². The van der Waals surface area contributed by atoms with Crippen molar-refractivity contribution in [1.29, 1.82) is 0 Å². The summed E-state index contributed by atoms with van der Waals surface area (Å²) >= 11 is 0. The van der Waals surface area contributed by atoms with Gasteiger partial charge in [0.15, 0.2) is 0 Å². The van der Waals surface area contributed by atoms with Gasteiger partial charge >= 0.3 is 0 Å². The number of hydrogen-bond donors (Lipinski definition) is 2. The van der Waals surface area contributed by atoms with E-state index in [0.717, 1.165) is 23.1 Å². The molecule has 34 heavy (non-hydrogen) atoms. The molecule has 0 aromatic heterocycles. The molecular formula is C30H28N2O2. The Labute approximate surface area is 200 Å². The van der Waals surface area contributed by atoms with Crippen LogP contribution in [0.2, 0.25) is 0 Å². The molecule has 4 nitrogen and oxygen atoms in total. The summed E-state index contributed by atoms with van der Waals surface area (Å²) in [4.78, 5) is 25.0. The Morgan fingerprint density at radius 1 is 0.647 bits per heavy atom. The van der Waals surface area contributed by atoms with Crippen molar-refractivity contribution < 1.29 is 9.59 Å². The van der Waals surface area contributed by atoms with Crippen LogP contribution in [0.4, 0.5) is 11.4 Å². The molecule has 0 aliphatic heterocycles. The van der Waals surface area contributed by atoms with Crippen molar-refractivity contribution in [3.63, 3.8) is 0 Å². The van der Waals surface area contributed by atoms with E-state index in [1.54, 1.807) is 18.2 Å². The minimum absolute atomic E-state index is 0.220. The highest BCUT2D eigenvalue weighted by molar-refractivity contribution is 6.06. The van der Waals surface area contributed by atoms with E-state index in [1.807, 2.05) is 84.9 Å². The highest BCUT2D eigenvalue weighted by Crippen LogP contribution is 2.27. The summed E-state index contributed by atoms with van der Waals surface area (Å²) in [6.45, 7) is 0. The molecule has 0 saturated carbocycles. The maximum absolute atomic E-state index is 12.8. The molecule has 0 fully saturated rings. The summed E-state index contributed by atoms with van der Waals surface area (Å²) < 4.78 is 0. The Morgan fingerprint density at radius 3 is 1.88 bits per heavy atom. The number of nitrogens with two attached hydrogens (primary N) is 1. The Hall–Kier alpha value is -4.18. The van der Waals surface area contributed by atoms with E-state index in [-0.39, 0.29) is 11.7 Å². The number of anilines is 2. The molecule has 4 rings (SSSR count). The number of carbonyl (C=O) groups excluding carboxylic acids is 2. The lowest BCUT2D eigenvalue weighted by atomic mass is 10.0.